The molecule has 1 aromatic carbocycles. The average molecular weight is 327 g/mol. The Bertz CT molecular complexity index is 635. The molecule has 3 saturated heterocycles. The van der Waals surface area contributed by atoms with Crippen molar-refractivity contribution in [3.8, 4) is 5.75 Å². The van der Waals surface area contributed by atoms with Gasteiger partial charge in [-0.2, -0.15) is 0 Å². The van der Waals surface area contributed by atoms with Crippen molar-refractivity contribution in [3.63, 3.8) is 0 Å². The van der Waals surface area contributed by atoms with Crippen LogP contribution in [0.1, 0.15) is 69.1 Å². The smallest absolute Gasteiger partial charge is 0.182 e. The van der Waals surface area contributed by atoms with Crippen LogP contribution in [0.3, 0.4) is 0 Å². The van der Waals surface area contributed by atoms with E-state index >= 15 is 0 Å². The fourth-order valence-electron chi connectivity index (χ4n) is 3.96. The lowest BCUT2D eigenvalue weighted by Gasteiger charge is -2.41. The lowest BCUT2D eigenvalue weighted by atomic mass is 9.82. The first-order chi connectivity index (χ1) is 11.4. The zero-order valence-corrected chi connectivity index (χ0v) is 15.6. The molecule has 130 valence electrons. The first-order valence-corrected chi connectivity index (χ1v) is 9.15. The minimum Gasteiger partial charge on any atom is -0.497 e. The molecule has 0 amide bonds. The summed E-state index contributed by atoms with van der Waals surface area (Å²) in [6.07, 6.45) is 4.21. The second-order valence-electron chi connectivity index (χ2n) is 7.68. The molecule has 0 atom stereocenters. The summed E-state index contributed by atoms with van der Waals surface area (Å²) in [5.41, 5.74) is 4.67. The third-order valence-corrected chi connectivity index (χ3v) is 5.44. The molecule has 3 aliphatic rings. The van der Waals surface area contributed by atoms with E-state index in [0.29, 0.717) is 17.6 Å². The molecule has 0 radical (unpaired) electrons. The maximum Gasteiger partial charge on any atom is 0.182 e. The van der Waals surface area contributed by atoms with Crippen LogP contribution in [0.5, 0.6) is 5.75 Å². The van der Waals surface area contributed by atoms with Crippen LogP contribution in [-0.4, -0.2) is 30.9 Å². The van der Waals surface area contributed by atoms with Gasteiger partial charge in [-0.15, -0.1) is 0 Å². The first-order valence-electron chi connectivity index (χ1n) is 9.15. The Morgan fingerprint density at radius 1 is 1.08 bits per heavy atom. The molecule has 3 heterocycles. The zero-order chi connectivity index (χ0) is 17.4. The highest BCUT2D eigenvalue weighted by Crippen LogP contribution is 2.37. The molecule has 3 nitrogen and oxygen atoms in total. The van der Waals surface area contributed by atoms with Crippen LogP contribution in [0.2, 0.25) is 0 Å². The number of allylic oxidation sites excluding steroid dienone is 1. The van der Waals surface area contributed by atoms with E-state index in [-0.39, 0.29) is 5.92 Å². The number of benzene rings is 1. The van der Waals surface area contributed by atoms with Gasteiger partial charge in [0.15, 0.2) is 5.78 Å². The van der Waals surface area contributed by atoms with Gasteiger partial charge in [0.25, 0.3) is 0 Å². The summed E-state index contributed by atoms with van der Waals surface area (Å²) in [5.74, 6) is 2.25. The summed E-state index contributed by atoms with van der Waals surface area (Å²) in [5, 5.41) is 0. The monoisotopic (exact) mass is 327 g/mol. The quantitative estimate of drug-likeness (QED) is 0.758. The van der Waals surface area contributed by atoms with Crippen molar-refractivity contribution in [2.75, 3.05) is 20.2 Å². The van der Waals surface area contributed by atoms with Crippen LogP contribution in [0.4, 0.5) is 0 Å². The number of Topliss-reactive ketones (excluding diaryl/α,β-unsaturated/α-hetero) is 1. The lowest BCUT2D eigenvalue weighted by molar-refractivity contribution is -0.125. The molecule has 2 bridgehead atoms. The summed E-state index contributed by atoms with van der Waals surface area (Å²) >= 11 is 0. The average Bonchev–Trinajstić information content (AvgIpc) is 2.57. The standard InChI is InChI=1S/C21H29NO2/c1-13(2)17-10-16(24-5)11-18(14(3)4)19(17)12-20-21(23)15-6-8-22(20)9-7-15/h10-15H,6-9H2,1-5H3. The molecule has 0 aromatic heterocycles. The Morgan fingerprint density at radius 2 is 1.62 bits per heavy atom. The third kappa shape index (κ3) is 2.97. The Kier molecular flexibility index (Phi) is 4.71. The van der Waals surface area contributed by atoms with Crippen LogP contribution in [0, 0.1) is 5.92 Å². The summed E-state index contributed by atoms with van der Waals surface area (Å²) in [4.78, 5) is 15.0. The van der Waals surface area contributed by atoms with Crippen LogP contribution < -0.4 is 4.74 Å². The highest BCUT2D eigenvalue weighted by atomic mass is 16.5. The fraction of sp³-hybridized carbons (Fsp3) is 0.571. The maximum absolute atomic E-state index is 12.7. The van der Waals surface area contributed by atoms with Gasteiger partial charge in [-0.1, -0.05) is 27.7 Å². The largest absolute Gasteiger partial charge is 0.497 e. The van der Waals surface area contributed by atoms with Crippen molar-refractivity contribution in [3.05, 3.63) is 34.5 Å². The van der Waals surface area contributed by atoms with Gasteiger partial charge in [-0.25, -0.2) is 0 Å². The minimum absolute atomic E-state index is 0.240. The van der Waals surface area contributed by atoms with Gasteiger partial charge in [0.2, 0.25) is 0 Å². The molecular formula is C21H29NO2. The molecule has 24 heavy (non-hydrogen) atoms. The molecule has 0 saturated carbocycles. The Balaban J connectivity index is 2.15. The van der Waals surface area contributed by atoms with E-state index in [0.717, 1.165) is 37.4 Å². The Morgan fingerprint density at radius 3 is 2.04 bits per heavy atom. The number of rotatable bonds is 4. The van der Waals surface area contributed by atoms with Crippen molar-refractivity contribution < 1.29 is 9.53 Å². The number of carbonyl (C=O) groups excluding carboxylic acids is 1. The molecule has 3 heteroatoms. The Hall–Kier alpha value is -1.77. The number of hydrogen-bond donors (Lipinski definition) is 0. The number of methoxy groups -OCH3 is 1. The van der Waals surface area contributed by atoms with E-state index in [1.165, 1.54) is 16.7 Å². The van der Waals surface area contributed by atoms with Gasteiger partial charge in [0.05, 0.1) is 12.8 Å². The van der Waals surface area contributed by atoms with E-state index in [1.807, 2.05) is 0 Å². The van der Waals surface area contributed by atoms with Gasteiger partial charge < -0.3 is 9.64 Å². The molecule has 4 rings (SSSR count). The molecule has 0 unspecified atom stereocenters. The maximum atomic E-state index is 12.7. The molecule has 0 N–H and O–H groups in total. The van der Waals surface area contributed by atoms with E-state index in [2.05, 4.69) is 50.8 Å². The summed E-state index contributed by atoms with van der Waals surface area (Å²) in [6, 6.07) is 4.26. The van der Waals surface area contributed by atoms with Crippen LogP contribution in [0.25, 0.3) is 6.08 Å². The molecule has 0 spiro atoms. The molecule has 3 fully saturated rings. The number of hydrogen-bond acceptors (Lipinski definition) is 3. The highest BCUT2D eigenvalue weighted by Gasteiger charge is 2.36. The van der Waals surface area contributed by atoms with E-state index < -0.39 is 0 Å². The zero-order valence-electron chi connectivity index (χ0n) is 15.6. The van der Waals surface area contributed by atoms with Gasteiger partial charge >= 0.3 is 0 Å². The summed E-state index contributed by atoms with van der Waals surface area (Å²) in [7, 11) is 1.72. The number of fused-ring (bicyclic) bond motifs is 3. The van der Waals surface area contributed by atoms with Crippen molar-refractivity contribution in [2.45, 2.75) is 52.4 Å². The predicted octanol–water partition coefficient (Wildman–Crippen LogP) is 4.58. The normalized spacial score (nSPS) is 19.9. The van der Waals surface area contributed by atoms with Crippen LogP contribution >= 0.6 is 0 Å². The lowest BCUT2D eigenvalue weighted by Crippen LogP contribution is -2.45. The van der Waals surface area contributed by atoms with Crippen LogP contribution in [0.15, 0.2) is 17.8 Å². The molecular weight excluding hydrogens is 298 g/mol. The third-order valence-electron chi connectivity index (χ3n) is 5.44. The molecule has 0 aliphatic carbocycles. The Labute approximate surface area is 145 Å². The highest BCUT2D eigenvalue weighted by molar-refractivity contribution is 6.02. The van der Waals surface area contributed by atoms with E-state index in [1.54, 1.807) is 7.11 Å². The van der Waals surface area contributed by atoms with Crippen molar-refractivity contribution >= 4 is 11.9 Å². The SMILES string of the molecule is COc1cc(C(C)C)c(C=C2C(=O)C3CCN2CC3)c(C(C)C)c1. The summed E-state index contributed by atoms with van der Waals surface area (Å²) < 4.78 is 5.51. The topological polar surface area (TPSA) is 29.5 Å². The van der Waals surface area contributed by atoms with Gasteiger partial charge in [-0.3, -0.25) is 4.79 Å². The van der Waals surface area contributed by atoms with Gasteiger partial charge in [-0.05, 0) is 59.6 Å². The number of nitrogens with zero attached hydrogens (tertiary/aromatic N) is 1. The van der Waals surface area contributed by atoms with Gasteiger partial charge in [0, 0.05) is 19.0 Å². The molecule has 1 aromatic rings. The van der Waals surface area contributed by atoms with Crippen molar-refractivity contribution in [2.24, 2.45) is 5.92 Å². The fourth-order valence-corrected chi connectivity index (χ4v) is 3.96. The van der Waals surface area contributed by atoms with E-state index in [9.17, 15) is 4.79 Å². The number of carbonyl (C=O) groups is 1. The number of ether oxygens (including phenoxy) is 1. The van der Waals surface area contributed by atoms with E-state index in [4.69, 9.17) is 4.74 Å². The minimum atomic E-state index is 0.240. The second kappa shape index (κ2) is 6.62. The second-order valence-corrected chi connectivity index (χ2v) is 7.68. The van der Waals surface area contributed by atoms with Crippen LogP contribution in [-0.2, 0) is 4.79 Å². The van der Waals surface area contributed by atoms with Crippen molar-refractivity contribution in [1.82, 2.24) is 4.90 Å². The predicted molar refractivity (Wildman–Crippen MR) is 98.5 cm³/mol. The first kappa shape index (κ1) is 17.1. The number of ketones is 1. The van der Waals surface area contributed by atoms with Crippen molar-refractivity contribution in [1.29, 1.82) is 0 Å². The van der Waals surface area contributed by atoms with Gasteiger partial charge in [0.1, 0.15) is 5.75 Å². The summed E-state index contributed by atoms with van der Waals surface area (Å²) in [6.45, 7) is 10.9. The molecule has 3 aliphatic heterocycles. The number of piperidine rings is 3.